The van der Waals surface area contributed by atoms with Gasteiger partial charge >= 0.3 is 0 Å². The van der Waals surface area contributed by atoms with Gasteiger partial charge in [0.2, 0.25) is 0 Å². The van der Waals surface area contributed by atoms with Crippen molar-refractivity contribution in [3.63, 3.8) is 0 Å². The zero-order chi connectivity index (χ0) is 13.5. The molecule has 2 N–H and O–H groups in total. The van der Waals surface area contributed by atoms with Gasteiger partial charge in [-0.1, -0.05) is 0 Å². The van der Waals surface area contributed by atoms with Crippen LogP contribution in [0.1, 0.15) is 0 Å². The van der Waals surface area contributed by atoms with E-state index in [4.69, 9.17) is 19.9 Å². The number of hydrogen-bond acceptors (Lipinski definition) is 5. The molecule has 0 bridgehead atoms. The maximum atomic E-state index is 5.71. The molecule has 1 atom stereocenters. The highest BCUT2D eigenvalue weighted by Gasteiger charge is 2.18. The maximum absolute atomic E-state index is 5.71. The summed E-state index contributed by atoms with van der Waals surface area (Å²) < 4.78 is 16.3. The van der Waals surface area contributed by atoms with Crippen molar-refractivity contribution in [1.29, 1.82) is 0 Å². The van der Waals surface area contributed by atoms with Gasteiger partial charge in [0.05, 0.1) is 19.8 Å². The minimum absolute atomic E-state index is 0.162. The Balaban J connectivity index is 1.70. The Bertz CT molecular complexity index is 369. The van der Waals surface area contributed by atoms with Gasteiger partial charge in [0.25, 0.3) is 0 Å². The van der Waals surface area contributed by atoms with Gasteiger partial charge in [-0.05, 0) is 24.3 Å². The lowest BCUT2D eigenvalue weighted by Crippen LogP contribution is -2.46. The Morgan fingerprint density at radius 2 is 2.05 bits per heavy atom. The topological polar surface area (TPSA) is 57.0 Å². The Kier molecular flexibility index (Phi) is 5.44. The summed E-state index contributed by atoms with van der Waals surface area (Å²) in [7, 11) is 1.65. The Hall–Kier alpha value is -1.30. The smallest absolute Gasteiger partial charge is 0.119 e. The highest BCUT2D eigenvalue weighted by atomic mass is 16.5. The molecule has 0 radical (unpaired) electrons. The number of nitrogens with zero attached hydrogens (tertiary/aromatic N) is 1. The van der Waals surface area contributed by atoms with Gasteiger partial charge in [-0.25, -0.2) is 0 Å². The molecular formula is C14H22N2O3. The standard InChI is InChI=1S/C14H22N2O3/c1-17-12-2-4-13(5-3-12)18-8-6-16-7-9-19-14(10-15)11-16/h2-5,14H,6-11,15H2,1H3. The first kappa shape index (κ1) is 14.1. The molecule has 1 unspecified atom stereocenters. The first-order chi connectivity index (χ1) is 9.31. The summed E-state index contributed by atoms with van der Waals surface area (Å²) in [4.78, 5) is 2.32. The Labute approximate surface area is 114 Å². The highest BCUT2D eigenvalue weighted by Crippen LogP contribution is 2.16. The van der Waals surface area contributed by atoms with E-state index in [0.717, 1.165) is 37.7 Å². The Morgan fingerprint density at radius 1 is 1.32 bits per heavy atom. The van der Waals surface area contributed by atoms with Gasteiger partial charge in [0, 0.05) is 26.2 Å². The predicted octanol–water partition coefficient (Wildman–Crippen LogP) is 0.734. The fraction of sp³-hybridized carbons (Fsp3) is 0.571. The third-order valence-corrected chi connectivity index (χ3v) is 3.22. The molecule has 1 aromatic rings. The molecule has 5 heteroatoms. The van der Waals surface area contributed by atoms with Crippen molar-refractivity contribution in [2.75, 3.05) is 46.5 Å². The normalized spacial score (nSPS) is 20.2. The minimum Gasteiger partial charge on any atom is -0.497 e. The molecule has 19 heavy (non-hydrogen) atoms. The summed E-state index contributed by atoms with van der Waals surface area (Å²) >= 11 is 0. The zero-order valence-corrected chi connectivity index (χ0v) is 11.4. The molecule has 1 saturated heterocycles. The SMILES string of the molecule is COc1ccc(OCCN2CCOC(CN)C2)cc1. The predicted molar refractivity (Wildman–Crippen MR) is 73.7 cm³/mol. The van der Waals surface area contributed by atoms with Crippen LogP contribution in [0.25, 0.3) is 0 Å². The molecular weight excluding hydrogens is 244 g/mol. The molecule has 1 aromatic carbocycles. The third-order valence-electron chi connectivity index (χ3n) is 3.22. The van der Waals surface area contributed by atoms with E-state index in [9.17, 15) is 0 Å². The quantitative estimate of drug-likeness (QED) is 0.823. The van der Waals surface area contributed by atoms with Crippen LogP contribution in [-0.2, 0) is 4.74 Å². The van der Waals surface area contributed by atoms with Crippen LogP contribution in [-0.4, -0.2) is 57.5 Å². The van der Waals surface area contributed by atoms with Crippen LogP contribution in [0.4, 0.5) is 0 Å². The van der Waals surface area contributed by atoms with Crippen molar-refractivity contribution < 1.29 is 14.2 Å². The van der Waals surface area contributed by atoms with Crippen LogP contribution in [0.2, 0.25) is 0 Å². The molecule has 1 heterocycles. The number of ether oxygens (including phenoxy) is 3. The second-order valence-corrected chi connectivity index (χ2v) is 4.55. The summed E-state index contributed by atoms with van der Waals surface area (Å²) in [5.74, 6) is 1.70. The average molecular weight is 266 g/mol. The van der Waals surface area contributed by atoms with E-state index in [1.807, 2.05) is 24.3 Å². The average Bonchev–Trinajstić information content (AvgIpc) is 2.48. The zero-order valence-electron chi connectivity index (χ0n) is 11.4. The monoisotopic (exact) mass is 266 g/mol. The van der Waals surface area contributed by atoms with Crippen LogP contribution >= 0.6 is 0 Å². The lowest BCUT2D eigenvalue weighted by molar-refractivity contribution is -0.0261. The highest BCUT2D eigenvalue weighted by molar-refractivity contribution is 5.31. The number of morpholine rings is 1. The Morgan fingerprint density at radius 3 is 2.74 bits per heavy atom. The molecule has 0 saturated carbocycles. The first-order valence-electron chi connectivity index (χ1n) is 6.62. The van der Waals surface area contributed by atoms with Crippen molar-refractivity contribution in [2.45, 2.75) is 6.10 Å². The molecule has 1 aliphatic rings. The summed E-state index contributed by atoms with van der Waals surface area (Å²) in [6.07, 6.45) is 0.162. The van der Waals surface area contributed by atoms with E-state index in [1.165, 1.54) is 0 Å². The lowest BCUT2D eigenvalue weighted by atomic mass is 10.3. The van der Waals surface area contributed by atoms with Crippen molar-refractivity contribution in [3.8, 4) is 11.5 Å². The molecule has 0 spiro atoms. The molecule has 2 rings (SSSR count). The van der Waals surface area contributed by atoms with E-state index in [-0.39, 0.29) is 6.10 Å². The van der Waals surface area contributed by atoms with Crippen molar-refractivity contribution in [2.24, 2.45) is 5.73 Å². The second-order valence-electron chi connectivity index (χ2n) is 4.55. The molecule has 106 valence electrons. The van der Waals surface area contributed by atoms with E-state index >= 15 is 0 Å². The summed E-state index contributed by atoms with van der Waals surface area (Å²) in [6.45, 7) is 4.74. The van der Waals surface area contributed by atoms with Gasteiger partial charge in [-0.2, -0.15) is 0 Å². The maximum Gasteiger partial charge on any atom is 0.119 e. The fourth-order valence-corrected chi connectivity index (χ4v) is 2.09. The number of methoxy groups -OCH3 is 1. The van der Waals surface area contributed by atoms with Crippen LogP contribution in [0.15, 0.2) is 24.3 Å². The number of benzene rings is 1. The second kappa shape index (κ2) is 7.33. The van der Waals surface area contributed by atoms with Crippen LogP contribution in [0.5, 0.6) is 11.5 Å². The summed E-state index contributed by atoms with van der Waals surface area (Å²) in [5, 5.41) is 0. The number of rotatable bonds is 6. The molecule has 0 amide bonds. The number of hydrogen-bond donors (Lipinski definition) is 1. The van der Waals surface area contributed by atoms with Gasteiger partial charge in [0.1, 0.15) is 18.1 Å². The molecule has 0 aliphatic carbocycles. The largest absolute Gasteiger partial charge is 0.497 e. The van der Waals surface area contributed by atoms with Crippen LogP contribution in [0, 0.1) is 0 Å². The fourth-order valence-electron chi connectivity index (χ4n) is 2.09. The van der Waals surface area contributed by atoms with Gasteiger partial charge in [0.15, 0.2) is 0 Å². The molecule has 1 aliphatic heterocycles. The number of nitrogens with two attached hydrogens (primary N) is 1. The summed E-state index contributed by atoms with van der Waals surface area (Å²) in [5.41, 5.74) is 5.62. The van der Waals surface area contributed by atoms with E-state index in [0.29, 0.717) is 13.2 Å². The van der Waals surface area contributed by atoms with Crippen LogP contribution < -0.4 is 15.2 Å². The lowest BCUT2D eigenvalue weighted by Gasteiger charge is -2.32. The van der Waals surface area contributed by atoms with Crippen molar-refractivity contribution >= 4 is 0 Å². The molecule has 1 fully saturated rings. The van der Waals surface area contributed by atoms with Gasteiger partial charge < -0.3 is 19.9 Å². The minimum atomic E-state index is 0.162. The third kappa shape index (κ3) is 4.38. The van der Waals surface area contributed by atoms with Crippen LogP contribution in [0.3, 0.4) is 0 Å². The van der Waals surface area contributed by atoms with E-state index < -0.39 is 0 Å². The first-order valence-corrected chi connectivity index (χ1v) is 6.62. The van der Waals surface area contributed by atoms with E-state index in [2.05, 4.69) is 4.90 Å². The summed E-state index contributed by atoms with van der Waals surface area (Å²) in [6, 6.07) is 7.63. The van der Waals surface area contributed by atoms with Gasteiger partial charge in [-0.15, -0.1) is 0 Å². The van der Waals surface area contributed by atoms with E-state index in [1.54, 1.807) is 7.11 Å². The molecule has 5 nitrogen and oxygen atoms in total. The van der Waals surface area contributed by atoms with Crippen molar-refractivity contribution in [3.05, 3.63) is 24.3 Å². The van der Waals surface area contributed by atoms with Gasteiger partial charge in [-0.3, -0.25) is 4.90 Å². The van der Waals surface area contributed by atoms with Crippen molar-refractivity contribution in [1.82, 2.24) is 4.90 Å². The molecule has 0 aromatic heterocycles.